The highest BCUT2D eigenvalue weighted by Crippen LogP contribution is 2.50. The summed E-state index contributed by atoms with van der Waals surface area (Å²) in [5.74, 6) is 0.0576. The van der Waals surface area contributed by atoms with Gasteiger partial charge in [-0.15, -0.1) is 0 Å². The van der Waals surface area contributed by atoms with Crippen molar-refractivity contribution in [2.75, 3.05) is 0 Å². The van der Waals surface area contributed by atoms with Crippen LogP contribution in [0.25, 0.3) is 0 Å². The van der Waals surface area contributed by atoms with Crippen molar-refractivity contribution in [1.29, 1.82) is 0 Å². The van der Waals surface area contributed by atoms with Crippen molar-refractivity contribution >= 4 is 46.4 Å². The van der Waals surface area contributed by atoms with Crippen molar-refractivity contribution in [1.82, 2.24) is 0 Å². The van der Waals surface area contributed by atoms with Crippen LogP contribution in [-0.2, 0) is 0 Å². The molecule has 1 aliphatic carbocycles. The van der Waals surface area contributed by atoms with Gasteiger partial charge in [0.05, 0.1) is 10.0 Å². The molecule has 0 amide bonds. The summed E-state index contributed by atoms with van der Waals surface area (Å²) in [6.45, 7) is 0. The summed E-state index contributed by atoms with van der Waals surface area (Å²) in [7, 11) is 0. The molecule has 0 saturated heterocycles. The molecule has 94 valence electrons. The maximum atomic E-state index is 9.66. The van der Waals surface area contributed by atoms with Crippen LogP contribution in [0.1, 0.15) is 43.6 Å². The third-order valence-electron chi connectivity index (χ3n) is 3.29. The highest BCUT2D eigenvalue weighted by molar-refractivity contribution is 6.49. The Bertz CT molecular complexity index is 410. The maximum Gasteiger partial charge on any atom is 0.155 e. The lowest BCUT2D eigenvalue weighted by Gasteiger charge is -2.25. The van der Waals surface area contributed by atoms with Gasteiger partial charge in [-0.05, 0) is 24.3 Å². The summed E-state index contributed by atoms with van der Waals surface area (Å²) < 4.78 is 0. The first-order valence-corrected chi connectivity index (χ1v) is 7.10. The van der Waals surface area contributed by atoms with Crippen LogP contribution in [0.2, 0.25) is 20.1 Å². The molecule has 1 nitrogen and oxygen atoms in total. The van der Waals surface area contributed by atoms with Crippen LogP contribution in [0.4, 0.5) is 0 Å². The summed E-state index contributed by atoms with van der Waals surface area (Å²) in [4.78, 5) is 0. The quantitative estimate of drug-likeness (QED) is 0.625. The summed E-state index contributed by atoms with van der Waals surface area (Å²) in [6, 6.07) is 0. The number of halogens is 4. The van der Waals surface area contributed by atoms with Gasteiger partial charge in [-0.1, -0.05) is 65.7 Å². The fourth-order valence-corrected chi connectivity index (χ4v) is 3.55. The first-order chi connectivity index (χ1) is 8.04. The van der Waals surface area contributed by atoms with Gasteiger partial charge in [0, 0.05) is 0 Å². The van der Waals surface area contributed by atoms with Crippen LogP contribution in [0.5, 0.6) is 5.75 Å². The van der Waals surface area contributed by atoms with Gasteiger partial charge >= 0.3 is 0 Å². The predicted molar refractivity (Wildman–Crippen MR) is 74.0 cm³/mol. The first-order valence-electron chi connectivity index (χ1n) is 5.58. The number of phenols is 1. The molecular formula is C12H12Cl4O. The minimum atomic E-state index is -0.233. The van der Waals surface area contributed by atoms with Crippen molar-refractivity contribution < 1.29 is 5.11 Å². The average molecular weight is 314 g/mol. The van der Waals surface area contributed by atoms with Crippen molar-refractivity contribution in [3.8, 4) is 5.75 Å². The zero-order valence-electron chi connectivity index (χ0n) is 9.07. The molecule has 17 heavy (non-hydrogen) atoms. The minimum absolute atomic E-state index is 0.0987. The Morgan fingerprint density at radius 1 is 0.765 bits per heavy atom. The molecule has 0 heterocycles. The Hall–Kier alpha value is 0.180. The second-order valence-corrected chi connectivity index (χ2v) is 5.87. The number of phenolic OH excluding ortho intramolecular Hbond substituents is 1. The molecule has 0 spiro atoms. The van der Waals surface area contributed by atoms with E-state index in [-0.39, 0.29) is 15.8 Å². The maximum absolute atomic E-state index is 9.66. The zero-order valence-corrected chi connectivity index (χ0v) is 12.1. The molecule has 1 saturated carbocycles. The molecule has 1 N–H and O–H groups in total. The van der Waals surface area contributed by atoms with Gasteiger partial charge in [0.25, 0.3) is 0 Å². The average Bonchev–Trinajstić information content (AvgIpc) is 2.36. The van der Waals surface area contributed by atoms with Gasteiger partial charge in [0.1, 0.15) is 10.0 Å². The summed E-state index contributed by atoms with van der Waals surface area (Å²) >= 11 is 24.3. The Morgan fingerprint density at radius 3 is 1.71 bits per heavy atom. The molecule has 0 atom stereocenters. The second kappa shape index (κ2) is 5.44. The lowest BCUT2D eigenvalue weighted by atomic mass is 9.84. The van der Waals surface area contributed by atoms with Crippen LogP contribution < -0.4 is 0 Å². The molecule has 2 rings (SSSR count). The number of benzene rings is 1. The van der Waals surface area contributed by atoms with E-state index in [1.165, 1.54) is 6.42 Å². The Labute approximate surface area is 121 Å². The molecule has 0 bridgehead atoms. The highest BCUT2D eigenvalue weighted by Gasteiger charge is 2.26. The van der Waals surface area contributed by atoms with E-state index in [9.17, 15) is 5.11 Å². The number of aromatic hydroxyl groups is 1. The van der Waals surface area contributed by atoms with Crippen molar-refractivity contribution in [2.45, 2.75) is 38.0 Å². The van der Waals surface area contributed by atoms with Crippen LogP contribution in [0.15, 0.2) is 0 Å². The zero-order chi connectivity index (χ0) is 12.6. The van der Waals surface area contributed by atoms with Gasteiger partial charge in [-0.3, -0.25) is 0 Å². The molecule has 0 unspecified atom stereocenters. The topological polar surface area (TPSA) is 20.2 Å². The highest BCUT2D eigenvalue weighted by atomic mass is 35.5. The Morgan fingerprint density at radius 2 is 1.24 bits per heavy atom. The van der Waals surface area contributed by atoms with Gasteiger partial charge in [0.2, 0.25) is 0 Å². The Balaban J connectivity index is 2.52. The molecule has 1 aromatic carbocycles. The third-order valence-corrected chi connectivity index (χ3v) is 5.00. The van der Waals surface area contributed by atoms with E-state index >= 15 is 0 Å². The second-order valence-electron chi connectivity index (χ2n) is 4.35. The summed E-state index contributed by atoms with van der Waals surface area (Å²) in [5, 5.41) is 10.5. The minimum Gasteiger partial charge on any atom is -0.505 e. The van der Waals surface area contributed by atoms with Gasteiger partial charge in [-0.25, -0.2) is 0 Å². The number of rotatable bonds is 1. The lowest BCUT2D eigenvalue weighted by Crippen LogP contribution is -2.06. The summed E-state index contributed by atoms with van der Waals surface area (Å²) in [5.41, 5.74) is 0.792. The van der Waals surface area contributed by atoms with E-state index in [1.54, 1.807) is 0 Å². The van der Waals surface area contributed by atoms with E-state index in [2.05, 4.69) is 0 Å². The molecule has 0 aromatic heterocycles. The fraction of sp³-hybridized carbons (Fsp3) is 0.500. The van der Waals surface area contributed by atoms with E-state index < -0.39 is 0 Å². The predicted octanol–water partition coefficient (Wildman–Crippen LogP) is 6.05. The standard InChI is InChI=1S/C12H12Cl4O/c13-8-7(6-4-2-1-3-5-6)9(14)11(16)12(17)10(8)15/h6,17H,1-5H2. The molecule has 0 aliphatic heterocycles. The first kappa shape index (κ1) is 13.6. The van der Waals surface area contributed by atoms with Gasteiger partial charge in [0.15, 0.2) is 5.75 Å². The SMILES string of the molecule is Oc1c(Cl)c(Cl)c(C2CCCCC2)c(Cl)c1Cl. The summed E-state index contributed by atoms with van der Waals surface area (Å²) in [6.07, 6.45) is 5.64. The van der Waals surface area contributed by atoms with Crippen molar-refractivity contribution in [3.63, 3.8) is 0 Å². The van der Waals surface area contributed by atoms with Gasteiger partial charge in [-0.2, -0.15) is 0 Å². The monoisotopic (exact) mass is 312 g/mol. The molecule has 1 aromatic rings. The smallest absolute Gasteiger partial charge is 0.155 e. The molecule has 1 aliphatic rings. The van der Waals surface area contributed by atoms with Crippen LogP contribution >= 0.6 is 46.4 Å². The molecule has 1 fully saturated rings. The van der Waals surface area contributed by atoms with E-state index in [0.29, 0.717) is 16.0 Å². The van der Waals surface area contributed by atoms with Crippen molar-refractivity contribution in [2.24, 2.45) is 0 Å². The molecule has 0 radical (unpaired) electrons. The van der Waals surface area contributed by atoms with Crippen LogP contribution in [0.3, 0.4) is 0 Å². The number of hydrogen-bond donors (Lipinski definition) is 1. The third kappa shape index (κ3) is 2.49. The van der Waals surface area contributed by atoms with E-state index in [0.717, 1.165) is 31.2 Å². The fourth-order valence-electron chi connectivity index (χ4n) is 2.39. The largest absolute Gasteiger partial charge is 0.505 e. The lowest BCUT2D eigenvalue weighted by molar-refractivity contribution is 0.442. The van der Waals surface area contributed by atoms with Crippen molar-refractivity contribution in [3.05, 3.63) is 25.7 Å². The van der Waals surface area contributed by atoms with Crippen LogP contribution in [-0.4, -0.2) is 5.11 Å². The van der Waals surface area contributed by atoms with Gasteiger partial charge < -0.3 is 5.11 Å². The molecular weight excluding hydrogens is 302 g/mol. The van der Waals surface area contributed by atoms with E-state index in [4.69, 9.17) is 46.4 Å². The van der Waals surface area contributed by atoms with Crippen LogP contribution in [0, 0.1) is 0 Å². The Kier molecular flexibility index (Phi) is 4.35. The van der Waals surface area contributed by atoms with E-state index in [1.807, 2.05) is 0 Å². The number of hydrogen-bond acceptors (Lipinski definition) is 1. The normalized spacial score (nSPS) is 17.4. The molecule has 5 heteroatoms.